The average molecular weight is 683 g/mol. The van der Waals surface area contributed by atoms with Gasteiger partial charge in [0.25, 0.3) is 0 Å². The van der Waals surface area contributed by atoms with E-state index in [2.05, 4.69) is 47.9 Å². The molecule has 9 heteroatoms. The lowest BCUT2D eigenvalue weighted by Crippen LogP contribution is -2.57. The molecule has 0 amide bonds. The summed E-state index contributed by atoms with van der Waals surface area (Å²) < 4.78 is 0. The second kappa shape index (κ2) is 32.5. The van der Waals surface area contributed by atoms with E-state index in [1.807, 2.05) is 12.2 Å². The van der Waals surface area contributed by atoms with E-state index in [1.54, 1.807) is 0 Å². The van der Waals surface area contributed by atoms with Gasteiger partial charge in [-0.3, -0.25) is 20.1 Å². The lowest BCUT2D eigenvalue weighted by atomic mass is 9.82. The van der Waals surface area contributed by atoms with E-state index in [1.165, 1.54) is 25.7 Å². The zero-order chi connectivity index (χ0) is 35.7. The zero-order valence-electron chi connectivity index (χ0n) is 30.2. The van der Waals surface area contributed by atoms with Crippen molar-refractivity contribution in [2.75, 3.05) is 6.61 Å². The number of ketones is 2. The first-order chi connectivity index (χ1) is 23.3. The molecular weight excluding hydrogens is 612 g/mol. The van der Waals surface area contributed by atoms with Crippen LogP contribution in [-0.4, -0.2) is 67.9 Å². The Hall–Kier alpha value is -1.72. The van der Waals surface area contributed by atoms with Crippen LogP contribution >= 0.6 is 0 Å². The van der Waals surface area contributed by atoms with Crippen molar-refractivity contribution in [1.82, 2.24) is 0 Å². The van der Waals surface area contributed by atoms with Crippen LogP contribution in [0.5, 0.6) is 0 Å². The van der Waals surface area contributed by atoms with Crippen LogP contribution in [-0.2, 0) is 19.4 Å². The van der Waals surface area contributed by atoms with Gasteiger partial charge in [-0.05, 0) is 70.6 Å². The Labute approximate surface area is 291 Å². The second-order valence-corrected chi connectivity index (χ2v) is 13.1. The Kier molecular flexibility index (Phi) is 31.3. The van der Waals surface area contributed by atoms with Gasteiger partial charge in [-0.25, -0.2) is 9.78 Å². The topological polar surface area (TPSA) is 154 Å². The fourth-order valence-corrected chi connectivity index (χ4v) is 5.73. The monoisotopic (exact) mass is 683 g/mol. The SMILES string of the molecule is CCCCCC=CCC=CCCCCCCCC(=O)C(O)(C(=O)CCCCCCCC(OO)C(CC=CCCCCC)OO)C(O)CO. The van der Waals surface area contributed by atoms with Crippen molar-refractivity contribution < 1.29 is 45.2 Å². The summed E-state index contributed by atoms with van der Waals surface area (Å²) in [6, 6.07) is 0. The molecule has 0 aromatic carbocycles. The lowest BCUT2D eigenvalue weighted by Gasteiger charge is -2.29. The van der Waals surface area contributed by atoms with Gasteiger partial charge >= 0.3 is 0 Å². The van der Waals surface area contributed by atoms with Gasteiger partial charge in [-0.2, -0.15) is 0 Å². The van der Waals surface area contributed by atoms with Crippen LogP contribution in [0.2, 0.25) is 0 Å². The average Bonchev–Trinajstić information content (AvgIpc) is 3.10. The lowest BCUT2D eigenvalue weighted by molar-refractivity contribution is -0.355. The fourth-order valence-electron chi connectivity index (χ4n) is 5.73. The number of aliphatic hydroxyl groups is 3. The standard InChI is InChI=1S/C39H70O9/c1-3-5-7-9-11-12-13-14-15-16-17-18-19-23-27-31-36(41)39(44,38(43)33-40)37(42)32-28-24-20-22-26-30-35(48-46)34(47-45)29-25-21-10-8-6-4-2/h11-12,14-15,21,25,34-35,38,40,43-46H,3-10,13,16-20,22-24,26-33H2,1-2H3. The minimum Gasteiger partial charge on any atom is -0.394 e. The van der Waals surface area contributed by atoms with Gasteiger partial charge < -0.3 is 15.3 Å². The van der Waals surface area contributed by atoms with Crippen LogP contribution in [0.25, 0.3) is 0 Å². The first-order valence-corrected chi connectivity index (χ1v) is 19.0. The number of rotatable bonds is 35. The Morgan fingerprint density at radius 1 is 0.604 bits per heavy atom. The van der Waals surface area contributed by atoms with E-state index in [4.69, 9.17) is 0 Å². The molecule has 280 valence electrons. The molecule has 0 rings (SSSR count). The van der Waals surface area contributed by atoms with E-state index in [9.17, 15) is 35.4 Å². The molecule has 4 atom stereocenters. The first kappa shape index (κ1) is 46.3. The molecule has 48 heavy (non-hydrogen) atoms. The molecule has 0 bridgehead atoms. The van der Waals surface area contributed by atoms with Crippen LogP contribution in [0, 0.1) is 0 Å². The third-order valence-electron chi connectivity index (χ3n) is 8.95. The van der Waals surface area contributed by atoms with Gasteiger partial charge in [0.15, 0.2) is 11.6 Å². The number of carbonyl (C=O) groups is 2. The van der Waals surface area contributed by atoms with Gasteiger partial charge in [-0.1, -0.05) is 121 Å². The third kappa shape index (κ3) is 22.1. The Morgan fingerprint density at radius 2 is 1.04 bits per heavy atom. The molecule has 0 saturated heterocycles. The number of hydrogen-bond acceptors (Lipinski definition) is 9. The molecular formula is C39H70O9. The van der Waals surface area contributed by atoms with Crippen molar-refractivity contribution in [3.8, 4) is 0 Å². The Bertz CT molecular complexity index is 856. The summed E-state index contributed by atoms with van der Waals surface area (Å²) in [5.74, 6) is -1.48. The molecule has 9 nitrogen and oxygen atoms in total. The minimum absolute atomic E-state index is 0.0227. The summed E-state index contributed by atoms with van der Waals surface area (Å²) in [4.78, 5) is 34.9. The molecule has 0 aliphatic carbocycles. The smallest absolute Gasteiger partial charge is 0.209 e. The number of unbranched alkanes of at least 4 members (excludes halogenated alkanes) is 15. The Morgan fingerprint density at radius 3 is 1.52 bits per heavy atom. The van der Waals surface area contributed by atoms with Crippen molar-refractivity contribution >= 4 is 11.6 Å². The largest absolute Gasteiger partial charge is 0.394 e. The zero-order valence-corrected chi connectivity index (χ0v) is 30.2. The van der Waals surface area contributed by atoms with E-state index in [-0.39, 0.29) is 12.8 Å². The molecule has 0 aliphatic heterocycles. The predicted molar refractivity (Wildman–Crippen MR) is 193 cm³/mol. The molecule has 0 saturated carbocycles. The third-order valence-corrected chi connectivity index (χ3v) is 8.95. The van der Waals surface area contributed by atoms with Crippen molar-refractivity contribution in [3.63, 3.8) is 0 Å². The number of allylic oxidation sites excluding steroid dienone is 5. The predicted octanol–water partition coefficient (Wildman–Crippen LogP) is 9.00. The molecule has 4 unspecified atom stereocenters. The molecule has 5 N–H and O–H groups in total. The molecule has 0 radical (unpaired) electrons. The van der Waals surface area contributed by atoms with Crippen molar-refractivity contribution in [3.05, 3.63) is 36.5 Å². The summed E-state index contributed by atoms with van der Waals surface area (Å²) in [5, 5.41) is 49.2. The van der Waals surface area contributed by atoms with Crippen LogP contribution in [0.15, 0.2) is 36.5 Å². The molecule has 0 aromatic rings. The van der Waals surface area contributed by atoms with Gasteiger partial charge in [0.2, 0.25) is 5.60 Å². The van der Waals surface area contributed by atoms with Crippen molar-refractivity contribution in [2.24, 2.45) is 0 Å². The summed E-state index contributed by atoms with van der Waals surface area (Å²) in [6.45, 7) is 3.48. The number of hydrogen-bond donors (Lipinski definition) is 5. The van der Waals surface area contributed by atoms with Gasteiger partial charge in [0, 0.05) is 12.8 Å². The maximum Gasteiger partial charge on any atom is 0.209 e. The number of aliphatic hydroxyl groups excluding tert-OH is 2. The summed E-state index contributed by atoms with van der Waals surface area (Å²) >= 11 is 0. The molecule has 0 aliphatic rings. The summed E-state index contributed by atoms with van der Waals surface area (Å²) in [6.07, 6.45) is 29.5. The maximum atomic E-state index is 12.9. The molecule has 0 aromatic heterocycles. The van der Waals surface area contributed by atoms with Gasteiger partial charge in [0.1, 0.15) is 18.3 Å². The highest BCUT2D eigenvalue weighted by atomic mass is 17.1. The second-order valence-electron chi connectivity index (χ2n) is 13.1. The Balaban J connectivity index is 4.33. The van der Waals surface area contributed by atoms with Crippen molar-refractivity contribution in [2.45, 2.75) is 192 Å². The quantitative estimate of drug-likeness (QED) is 0.0145. The van der Waals surface area contributed by atoms with Gasteiger partial charge in [0.05, 0.1) is 6.61 Å². The maximum absolute atomic E-state index is 12.9. The highest BCUT2D eigenvalue weighted by Crippen LogP contribution is 2.23. The summed E-state index contributed by atoms with van der Waals surface area (Å²) in [7, 11) is 0. The molecule has 0 heterocycles. The van der Waals surface area contributed by atoms with E-state index >= 15 is 0 Å². The first-order valence-electron chi connectivity index (χ1n) is 19.0. The molecule has 0 spiro atoms. The fraction of sp³-hybridized carbons (Fsp3) is 0.795. The highest BCUT2D eigenvalue weighted by Gasteiger charge is 2.48. The van der Waals surface area contributed by atoms with Gasteiger partial charge in [-0.15, -0.1) is 0 Å². The normalized spacial score (nSPS) is 15.4. The van der Waals surface area contributed by atoms with Crippen molar-refractivity contribution in [1.29, 1.82) is 0 Å². The van der Waals surface area contributed by atoms with E-state index < -0.39 is 42.1 Å². The number of carbonyl (C=O) groups excluding carboxylic acids is 2. The number of Topliss-reactive ketones (excluding diaryl/α,β-unsaturated/α-hetero) is 2. The van der Waals surface area contributed by atoms with Crippen LogP contribution in [0.1, 0.15) is 168 Å². The minimum atomic E-state index is -2.58. The highest BCUT2D eigenvalue weighted by molar-refractivity contribution is 6.10. The summed E-state index contributed by atoms with van der Waals surface area (Å²) in [5.41, 5.74) is -2.58. The van der Waals surface area contributed by atoms with Crippen LogP contribution in [0.4, 0.5) is 0 Å². The molecule has 0 fully saturated rings. The van der Waals surface area contributed by atoms with Crippen LogP contribution < -0.4 is 0 Å². The van der Waals surface area contributed by atoms with E-state index in [0.29, 0.717) is 38.5 Å². The van der Waals surface area contributed by atoms with Crippen LogP contribution in [0.3, 0.4) is 0 Å². The van der Waals surface area contributed by atoms with E-state index in [0.717, 1.165) is 77.0 Å².